The van der Waals surface area contributed by atoms with Crippen molar-refractivity contribution in [3.8, 4) is 0 Å². The van der Waals surface area contributed by atoms with Crippen LogP contribution in [0.25, 0.3) is 0 Å². The van der Waals surface area contributed by atoms with Gasteiger partial charge in [0.05, 0.1) is 5.56 Å². The molecule has 0 saturated heterocycles. The summed E-state index contributed by atoms with van der Waals surface area (Å²) in [5.41, 5.74) is 0.0429. The summed E-state index contributed by atoms with van der Waals surface area (Å²) < 4.78 is 1.34. The van der Waals surface area contributed by atoms with Gasteiger partial charge in [-0.05, 0) is 30.6 Å². The fourth-order valence-corrected chi connectivity index (χ4v) is 2.85. The van der Waals surface area contributed by atoms with Crippen molar-refractivity contribution in [2.75, 3.05) is 0 Å². The molecule has 1 aliphatic rings. The lowest BCUT2D eigenvalue weighted by molar-refractivity contribution is 0.299. The highest BCUT2D eigenvalue weighted by molar-refractivity contribution is 6.30. The first-order valence-electron chi connectivity index (χ1n) is 6.93. The monoisotopic (exact) mass is 284 g/mol. The normalized spacial score (nSPS) is 16.9. The van der Waals surface area contributed by atoms with Crippen molar-refractivity contribution in [3.63, 3.8) is 0 Å². The molecule has 19 heavy (non-hydrogen) atoms. The molecule has 1 fully saturated rings. The molecule has 5 heteroatoms. The summed E-state index contributed by atoms with van der Waals surface area (Å²) >= 11 is 5.97. The fourth-order valence-electron chi connectivity index (χ4n) is 2.59. The minimum atomic E-state index is -0.387. The largest absolute Gasteiger partial charge is 0.329 e. The van der Waals surface area contributed by atoms with E-state index in [1.54, 1.807) is 0 Å². The van der Waals surface area contributed by atoms with E-state index in [9.17, 15) is 9.59 Å². The third-order valence-corrected chi connectivity index (χ3v) is 4.64. The zero-order valence-corrected chi connectivity index (χ0v) is 12.5. The van der Waals surface area contributed by atoms with Gasteiger partial charge in [-0.1, -0.05) is 38.8 Å². The Morgan fingerprint density at radius 1 is 1.37 bits per heavy atom. The molecule has 0 aliphatic heterocycles. The molecule has 1 heterocycles. The van der Waals surface area contributed by atoms with Gasteiger partial charge in [-0.15, -0.1) is 0 Å². The van der Waals surface area contributed by atoms with Crippen LogP contribution in [0, 0.1) is 11.3 Å². The number of hydrogen-bond donors (Lipinski definition) is 1. The second kappa shape index (κ2) is 5.16. The third kappa shape index (κ3) is 2.64. The van der Waals surface area contributed by atoms with Crippen molar-refractivity contribution in [1.82, 2.24) is 9.55 Å². The number of halogens is 1. The predicted molar refractivity (Wildman–Crippen MR) is 76.8 cm³/mol. The summed E-state index contributed by atoms with van der Waals surface area (Å²) in [6, 6.07) is 0. The molecule has 1 saturated carbocycles. The maximum Gasteiger partial charge on any atom is 0.329 e. The van der Waals surface area contributed by atoms with Gasteiger partial charge in [-0.2, -0.15) is 0 Å². The average molecular weight is 285 g/mol. The van der Waals surface area contributed by atoms with Gasteiger partial charge in [0.15, 0.2) is 0 Å². The number of rotatable bonds is 5. The van der Waals surface area contributed by atoms with Crippen molar-refractivity contribution in [2.45, 2.75) is 53.0 Å². The number of nitrogens with one attached hydrogen (secondary N) is 1. The van der Waals surface area contributed by atoms with Crippen LogP contribution in [-0.2, 0) is 13.0 Å². The van der Waals surface area contributed by atoms with Gasteiger partial charge in [-0.25, -0.2) is 4.79 Å². The molecule has 0 spiro atoms. The predicted octanol–water partition coefficient (Wildman–Crippen LogP) is 2.58. The smallest absolute Gasteiger partial charge is 0.297 e. The molecule has 1 N–H and O–H groups in total. The number of aromatic nitrogens is 2. The second-order valence-corrected chi connectivity index (χ2v) is 6.26. The third-order valence-electron chi connectivity index (χ3n) is 4.32. The molecule has 0 radical (unpaired) electrons. The van der Waals surface area contributed by atoms with Gasteiger partial charge in [0, 0.05) is 6.54 Å². The Morgan fingerprint density at radius 3 is 2.47 bits per heavy atom. The lowest BCUT2D eigenvalue weighted by Crippen LogP contribution is -2.40. The topological polar surface area (TPSA) is 54.9 Å². The van der Waals surface area contributed by atoms with E-state index in [2.05, 4.69) is 18.8 Å². The van der Waals surface area contributed by atoms with Crippen LogP contribution in [0.15, 0.2) is 9.59 Å². The molecule has 2 rings (SSSR count). The molecule has 1 aromatic rings. The lowest BCUT2D eigenvalue weighted by atomic mass is 9.92. The van der Waals surface area contributed by atoms with E-state index < -0.39 is 0 Å². The average Bonchev–Trinajstić information content (AvgIpc) is 3.11. The quantitative estimate of drug-likeness (QED) is 0.845. The first-order chi connectivity index (χ1) is 8.91. The fraction of sp³-hybridized carbons (Fsp3) is 0.714. The molecule has 1 aliphatic carbocycles. The number of hydrogen-bond acceptors (Lipinski definition) is 2. The van der Waals surface area contributed by atoms with Gasteiger partial charge < -0.3 is 0 Å². The van der Waals surface area contributed by atoms with E-state index in [0.717, 1.165) is 19.3 Å². The Kier molecular flexibility index (Phi) is 3.90. The second-order valence-electron chi connectivity index (χ2n) is 5.88. The molecule has 0 amide bonds. The Bertz CT molecular complexity index is 582. The van der Waals surface area contributed by atoms with Crippen LogP contribution < -0.4 is 11.2 Å². The Labute approximate surface area is 117 Å². The summed E-state index contributed by atoms with van der Waals surface area (Å²) in [5.74, 6) is 0.476. The van der Waals surface area contributed by atoms with Gasteiger partial charge in [0.25, 0.3) is 5.56 Å². The van der Waals surface area contributed by atoms with Gasteiger partial charge >= 0.3 is 5.69 Å². The Hall–Kier alpha value is -1.03. The van der Waals surface area contributed by atoms with E-state index in [1.807, 2.05) is 6.92 Å². The summed E-state index contributed by atoms with van der Waals surface area (Å²) in [6.45, 7) is 6.79. The zero-order chi connectivity index (χ0) is 14.2. The molecule has 1 aromatic heterocycles. The number of aromatic amines is 1. The minimum absolute atomic E-state index is 0.119. The first-order valence-corrected chi connectivity index (χ1v) is 7.30. The zero-order valence-electron chi connectivity index (χ0n) is 11.8. The van der Waals surface area contributed by atoms with Crippen LogP contribution in [0.4, 0.5) is 0 Å². The van der Waals surface area contributed by atoms with Crippen molar-refractivity contribution < 1.29 is 0 Å². The molecule has 0 bridgehead atoms. The van der Waals surface area contributed by atoms with Crippen LogP contribution in [0.2, 0.25) is 5.15 Å². The van der Waals surface area contributed by atoms with E-state index in [0.29, 0.717) is 24.4 Å². The Morgan fingerprint density at radius 2 is 2.00 bits per heavy atom. The van der Waals surface area contributed by atoms with Gasteiger partial charge in [-0.3, -0.25) is 14.3 Å². The number of nitrogens with zero attached hydrogens (tertiary/aromatic N) is 1. The van der Waals surface area contributed by atoms with Crippen LogP contribution in [0.3, 0.4) is 0 Å². The minimum Gasteiger partial charge on any atom is -0.297 e. The van der Waals surface area contributed by atoms with Gasteiger partial charge in [0.1, 0.15) is 5.15 Å². The van der Waals surface area contributed by atoms with Crippen molar-refractivity contribution in [1.29, 1.82) is 0 Å². The SMILES string of the molecule is CCCc1c(Cl)[nH]c(=O)n(CC2(C(C)C)CC2)c1=O. The van der Waals surface area contributed by atoms with Crippen molar-refractivity contribution >= 4 is 11.6 Å². The summed E-state index contributed by atoms with van der Waals surface area (Å²) in [4.78, 5) is 27.0. The molecular weight excluding hydrogens is 264 g/mol. The standard InChI is InChI=1S/C14H21ClN2O2/c1-4-5-10-11(15)16-13(19)17(12(10)18)8-14(6-7-14)9(2)3/h9H,4-8H2,1-3H3,(H,16,19). The highest BCUT2D eigenvalue weighted by atomic mass is 35.5. The maximum atomic E-state index is 12.4. The number of H-pyrrole nitrogens is 1. The highest BCUT2D eigenvalue weighted by Crippen LogP contribution is 2.52. The van der Waals surface area contributed by atoms with E-state index in [-0.39, 0.29) is 21.8 Å². The molecule has 0 unspecified atom stereocenters. The highest BCUT2D eigenvalue weighted by Gasteiger charge is 2.46. The van der Waals surface area contributed by atoms with Gasteiger partial charge in [0.2, 0.25) is 0 Å². The summed E-state index contributed by atoms with van der Waals surface area (Å²) in [6.07, 6.45) is 3.60. The molecule has 106 valence electrons. The lowest BCUT2D eigenvalue weighted by Gasteiger charge is -2.20. The maximum absolute atomic E-state index is 12.4. The van der Waals surface area contributed by atoms with Crippen molar-refractivity contribution in [2.24, 2.45) is 11.3 Å². The summed E-state index contributed by atoms with van der Waals surface area (Å²) in [7, 11) is 0. The van der Waals surface area contributed by atoms with E-state index >= 15 is 0 Å². The molecular formula is C14H21ClN2O2. The van der Waals surface area contributed by atoms with Crippen LogP contribution in [0.1, 0.15) is 45.6 Å². The first kappa shape index (κ1) is 14.4. The van der Waals surface area contributed by atoms with Crippen LogP contribution in [0.5, 0.6) is 0 Å². The van der Waals surface area contributed by atoms with Crippen LogP contribution in [-0.4, -0.2) is 9.55 Å². The van der Waals surface area contributed by atoms with E-state index in [4.69, 9.17) is 11.6 Å². The molecule has 0 aromatic carbocycles. The summed E-state index contributed by atoms with van der Waals surface area (Å²) in [5, 5.41) is 0.197. The molecule has 0 atom stereocenters. The Balaban J connectivity index is 2.44. The van der Waals surface area contributed by atoms with Crippen LogP contribution >= 0.6 is 11.6 Å². The molecule has 4 nitrogen and oxygen atoms in total. The van der Waals surface area contributed by atoms with Crippen molar-refractivity contribution in [3.05, 3.63) is 31.6 Å². The van der Waals surface area contributed by atoms with E-state index in [1.165, 1.54) is 4.57 Å².